The number of fused-ring (bicyclic) bond motifs is 1. The van der Waals surface area contributed by atoms with Crippen LogP contribution in [0.3, 0.4) is 0 Å². The lowest BCUT2D eigenvalue weighted by molar-refractivity contribution is -0.196. The van der Waals surface area contributed by atoms with E-state index in [1.54, 1.807) is 0 Å². The summed E-state index contributed by atoms with van der Waals surface area (Å²) in [7, 11) is 0. The van der Waals surface area contributed by atoms with E-state index in [1.165, 1.54) is 6.08 Å². The number of hydrogen-bond donors (Lipinski definition) is 2. The summed E-state index contributed by atoms with van der Waals surface area (Å²) in [5, 5.41) is 22.7. The Labute approximate surface area is 143 Å². The van der Waals surface area contributed by atoms with E-state index in [2.05, 4.69) is 0 Å². The highest BCUT2D eigenvalue weighted by Crippen LogP contribution is 2.60. The Morgan fingerprint density at radius 1 is 0.958 bits per heavy atom. The summed E-state index contributed by atoms with van der Waals surface area (Å²) >= 11 is 0. The summed E-state index contributed by atoms with van der Waals surface area (Å²) in [5.74, 6) is -2.69. The van der Waals surface area contributed by atoms with Crippen LogP contribution in [0.2, 0.25) is 0 Å². The topological polar surface area (TPSA) is 74.6 Å². The molecule has 4 aliphatic rings. The fraction of sp³-hybridized carbons (Fsp3) is 0.700. The van der Waals surface area contributed by atoms with Crippen LogP contribution in [0.1, 0.15) is 41.5 Å². The van der Waals surface area contributed by atoms with Gasteiger partial charge in [0.05, 0.1) is 0 Å². The summed E-state index contributed by atoms with van der Waals surface area (Å²) in [6, 6.07) is 0. The molecule has 1 fully saturated rings. The van der Waals surface area contributed by atoms with Gasteiger partial charge in [-0.1, -0.05) is 44.9 Å². The minimum atomic E-state index is -1.55. The van der Waals surface area contributed by atoms with Crippen LogP contribution in [-0.4, -0.2) is 33.0 Å². The lowest BCUT2D eigenvalue weighted by Crippen LogP contribution is -2.71. The molecule has 2 N–H and O–H groups in total. The van der Waals surface area contributed by atoms with Crippen LogP contribution >= 0.6 is 0 Å². The largest absolute Gasteiger partial charge is 0.381 e. The zero-order chi connectivity index (χ0) is 18.2. The Morgan fingerprint density at radius 2 is 1.50 bits per heavy atom. The van der Waals surface area contributed by atoms with E-state index >= 15 is 0 Å². The number of Topliss-reactive ketones (excluding diaryl/α,β-unsaturated/α-hetero) is 1. The fourth-order valence-corrected chi connectivity index (χ4v) is 5.40. The van der Waals surface area contributed by atoms with Gasteiger partial charge < -0.3 is 10.2 Å². The molecule has 0 amide bonds. The van der Waals surface area contributed by atoms with Gasteiger partial charge in [0.1, 0.15) is 11.2 Å². The summed E-state index contributed by atoms with van der Waals surface area (Å²) < 4.78 is 0. The van der Waals surface area contributed by atoms with Gasteiger partial charge in [-0.2, -0.15) is 0 Å². The third kappa shape index (κ3) is 1.81. The van der Waals surface area contributed by atoms with E-state index < -0.39 is 29.0 Å². The van der Waals surface area contributed by atoms with Crippen molar-refractivity contribution in [2.24, 2.45) is 35.5 Å². The van der Waals surface area contributed by atoms with Gasteiger partial charge in [-0.05, 0) is 31.8 Å². The van der Waals surface area contributed by atoms with Gasteiger partial charge in [0.2, 0.25) is 0 Å². The van der Waals surface area contributed by atoms with Crippen molar-refractivity contribution in [2.75, 3.05) is 0 Å². The first kappa shape index (κ1) is 17.6. The maximum atomic E-state index is 13.1. The van der Waals surface area contributed by atoms with E-state index in [9.17, 15) is 19.8 Å². The highest BCUT2D eigenvalue weighted by atomic mass is 16.3. The van der Waals surface area contributed by atoms with Crippen molar-refractivity contribution in [3.63, 3.8) is 0 Å². The Hall–Kier alpha value is -1.26. The normalized spacial score (nSPS) is 44.8. The molecule has 0 aromatic carbocycles. The molecule has 6 atom stereocenters. The molecule has 4 nitrogen and oxygen atoms in total. The van der Waals surface area contributed by atoms with Crippen molar-refractivity contribution < 1.29 is 19.8 Å². The molecule has 0 aromatic heterocycles. The second kappa shape index (κ2) is 5.12. The molecule has 0 heterocycles. The molecule has 132 valence electrons. The highest BCUT2D eigenvalue weighted by Gasteiger charge is 2.69. The molecular weight excluding hydrogens is 304 g/mol. The summed E-state index contributed by atoms with van der Waals surface area (Å²) in [6.45, 7) is 11.1. The molecular formula is C20H28O4. The fourth-order valence-electron chi connectivity index (χ4n) is 5.40. The van der Waals surface area contributed by atoms with Gasteiger partial charge in [0.15, 0.2) is 11.6 Å². The number of carbonyl (C=O) groups excluding carboxylic acids is 2. The van der Waals surface area contributed by atoms with Crippen molar-refractivity contribution in [1.82, 2.24) is 0 Å². The molecule has 24 heavy (non-hydrogen) atoms. The second-order valence-electron chi connectivity index (χ2n) is 8.54. The molecule has 0 saturated heterocycles. The third-order valence-electron chi connectivity index (χ3n) is 6.80. The molecule has 4 rings (SSSR count). The molecule has 0 aliphatic heterocycles. The molecule has 0 aromatic rings. The standard InChI is InChI=1S/C20H28O4/c1-9(2)19(23)13-7-11(5)16(18(19)22)15-12(6)8-14(21)20(24,10(3)4)17(13)15/h7-10,13,15-17,23-24H,1-6H3/t13-,15?,16+,17?,19+,20-/m0/s1. The molecule has 2 bridgehead atoms. The van der Waals surface area contributed by atoms with E-state index in [1.807, 2.05) is 47.6 Å². The van der Waals surface area contributed by atoms with E-state index in [4.69, 9.17) is 0 Å². The average molecular weight is 332 g/mol. The Bertz CT molecular complexity index is 671. The average Bonchev–Trinajstić information content (AvgIpc) is 2.48. The van der Waals surface area contributed by atoms with E-state index in [0.29, 0.717) is 0 Å². The van der Waals surface area contributed by atoms with Gasteiger partial charge in [-0.15, -0.1) is 0 Å². The quantitative estimate of drug-likeness (QED) is 0.761. The molecule has 0 spiro atoms. The first-order valence-electron chi connectivity index (χ1n) is 8.88. The number of hydrogen-bond acceptors (Lipinski definition) is 4. The lowest BCUT2D eigenvalue weighted by atomic mass is 9.44. The first-order chi connectivity index (χ1) is 11.0. The molecule has 2 unspecified atom stereocenters. The van der Waals surface area contributed by atoms with Gasteiger partial charge in [0, 0.05) is 23.7 Å². The number of allylic oxidation sites excluding steroid dienone is 2. The van der Waals surface area contributed by atoms with Crippen molar-refractivity contribution in [3.8, 4) is 0 Å². The zero-order valence-corrected chi connectivity index (χ0v) is 15.3. The Balaban J connectivity index is 2.29. The van der Waals surface area contributed by atoms with E-state index in [-0.39, 0.29) is 29.3 Å². The van der Waals surface area contributed by atoms with Gasteiger partial charge in [-0.3, -0.25) is 9.59 Å². The number of aliphatic hydroxyl groups is 2. The summed E-state index contributed by atoms with van der Waals surface area (Å²) in [4.78, 5) is 25.9. The maximum absolute atomic E-state index is 13.1. The van der Waals surface area contributed by atoms with Gasteiger partial charge in [0.25, 0.3) is 0 Å². The van der Waals surface area contributed by atoms with E-state index in [0.717, 1.165) is 11.1 Å². The molecule has 4 aliphatic carbocycles. The van der Waals surface area contributed by atoms with Crippen LogP contribution in [-0.2, 0) is 9.59 Å². The van der Waals surface area contributed by atoms with Crippen molar-refractivity contribution in [3.05, 3.63) is 23.3 Å². The summed E-state index contributed by atoms with van der Waals surface area (Å²) in [5.41, 5.74) is -1.28. The lowest BCUT2D eigenvalue weighted by Gasteiger charge is -2.61. The SMILES string of the molecule is CC1=CC(=O)[C@@](O)(C(C)C)C2C1[C@@H]1C(=O)[C@@](O)(C(C)C)[C@H]2C=C1C. The van der Waals surface area contributed by atoms with Crippen LogP contribution in [0.15, 0.2) is 23.3 Å². The number of ketones is 2. The van der Waals surface area contributed by atoms with Crippen molar-refractivity contribution >= 4 is 11.6 Å². The van der Waals surface area contributed by atoms with Crippen LogP contribution in [0.25, 0.3) is 0 Å². The number of carbonyl (C=O) groups is 2. The van der Waals surface area contributed by atoms with Crippen LogP contribution in [0.5, 0.6) is 0 Å². The van der Waals surface area contributed by atoms with Crippen molar-refractivity contribution in [2.45, 2.75) is 52.7 Å². The molecule has 0 radical (unpaired) electrons. The monoisotopic (exact) mass is 332 g/mol. The summed E-state index contributed by atoms with van der Waals surface area (Å²) in [6.07, 6.45) is 3.45. The Kier molecular flexibility index (Phi) is 3.75. The first-order valence-corrected chi connectivity index (χ1v) is 8.88. The minimum absolute atomic E-state index is 0.156. The minimum Gasteiger partial charge on any atom is -0.381 e. The van der Waals surface area contributed by atoms with Crippen molar-refractivity contribution in [1.29, 1.82) is 0 Å². The highest BCUT2D eigenvalue weighted by molar-refractivity contribution is 6.02. The predicted molar refractivity (Wildman–Crippen MR) is 91.1 cm³/mol. The Morgan fingerprint density at radius 3 is 2.00 bits per heavy atom. The third-order valence-corrected chi connectivity index (χ3v) is 6.80. The predicted octanol–water partition coefficient (Wildman–Crippen LogP) is 2.30. The molecule has 1 saturated carbocycles. The van der Waals surface area contributed by atoms with Crippen LogP contribution < -0.4 is 0 Å². The zero-order valence-electron chi connectivity index (χ0n) is 15.3. The number of rotatable bonds is 2. The molecule has 4 heteroatoms. The van der Waals surface area contributed by atoms with Gasteiger partial charge >= 0.3 is 0 Å². The smallest absolute Gasteiger partial charge is 0.187 e. The maximum Gasteiger partial charge on any atom is 0.187 e. The second-order valence-corrected chi connectivity index (χ2v) is 8.54. The van der Waals surface area contributed by atoms with Crippen LogP contribution in [0.4, 0.5) is 0 Å². The van der Waals surface area contributed by atoms with Gasteiger partial charge in [-0.25, -0.2) is 0 Å². The van der Waals surface area contributed by atoms with Crippen LogP contribution in [0, 0.1) is 35.5 Å².